The monoisotopic (exact) mass is 293 g/mol. The number of hydrogen-bond acceptors (Lipinski definition) is 1. The van der Waals surface area contributed by atoms with Crippen LogP contribution >= 0.6 is 0 Å². The van der Waals surface area contributed by atoms with E-state index in [0.29, 0.717) is 5.91 Å². The second-order valence-electron chi connectivity index (χ2n) is 8.78. The predicted octanol–water partition coefficient (Wildman–Crippen LogP) is 2.81. The zero-order valence-electron chi connectivity index (χ0n) is 14.2. The molecule has 0 spiro atoms. The third-order valence-corrected chi connectivity index (χ3v) is 6.60. The fourth-order valence-corrected chi connectivity index (χ4v) is 5.44. The molecule has 1 amide bonds. The lowest BCUT2D eigenvalue weighted by Crippen LogP contribution is -2.53. The van der Waals surface area contributed by atoms with Gasteiger partial charge in [0.05, 0.1) is 27.2 Å². The van der Waals surface area contributed by atoms with Crippen molar-refractivity contribution in [1.29, 1.82) is 0 Å². The lowest BCUT2D eigenvalue weighted by atomic mass is 9.49. The summed E-state index contributed by atoms with van der Waals surface area (Å²) in [6.45, 7) is 5.40. The van der Waals surface area contributed by atoms with Crippen molar-refractivity contribution < 1.29 is 9.28 Å². The standard InChI is InChI=1S/C18H32N2O/c1-4-20(2,3)7-5-6-19-17(21)18-11-14-8-15(12-18)10-16(9-14)13-18/h14-16H,4-13H2,1-3H3/p+1. The zero-order valence-corrected chi connectivity index (χ0v) is 14.2. The molecule has 0 aromatic rings. The Bertz CT molecular complexity index is 367. The van der Waals surface area contributed by atoms with Crippen LogP contribution in [0.2, 0.25) is 0 Å². The molecule has 4 fully saturated rings. The van der Waals surface area contributed by atoms with Crippen LogP contribution in [0.5, 0.6) is 0 Å². The van der Waals surface area contributed by atoms with Crippen molar-refractivity contribution in [3.63, 3.8) is 0 Å². The number of hydrogen-bond donors (Lipinski definition) is 1. The first-order chi connectivity index (χ1) is 9.92. The molecule has 0 aliphatic heterocycles. The van der Waals surface area contributed by atoms with E-state index in [-0.39, 0.29) is 5.41 Å². The van der Waals surface area contributed by atoms with E-state index in [9.17, 15) is 4.79 Å². The van der Waals surface area contributed by atoms with Crippen LogP contribution in [0.1, 0.15) is 51.9 Å². The molecule has 4 rings (SSSR count). The molecule has 4 aliphatic carbocycles. The Morgan fingerprint density at radius 3 is 2.10 bits per heavy atom. The molecule has 0 saturated heterocycles. The molecule has 0 heterocycles. The number of carbonyl (C=O) groups excluding carboxylic acids is 1. The Hall–Kier alpha value is -0.570. The van der Waals surface area contributed by atoms with Crippen molar-refractivity contribution in [3.8, 4) is 0 Å². The lowest BCUT2D eigenvalue weighted by molar-refractivity contribution is -0.888. The molecule has 4 saturated carbocycles. The highest BCUT2D eigenvalue weighted by atomic mass is 16.2. The largest absolute Gasteiger partial charge is 0.355 e. The van der Waals surface area contributed by atoms with Crippen molar-refractivity contribution in [3.05, 3.63) is 0 Å². The smallest absolute Gasteiger partial charge is 0.226 e. The van der Waals surface area contributed by atoms with Gasteiger partial charge in [0.15, 0.2) is 0 Å². The van der Waals surface area contributed by atoms with Gasteiger partial charge in [-0.3, -0.25) is 4.79 Å². The van der Waals surface area contributed by atoms with E-state index >= 15 is 0 Å². The number of amides is 1. The molecule has 0 unspecified atom stereocenters. The summed E-state index contributed by atoms with van der Waals surface area (Å²) >= 11 is 0. The molecule has 0 aromatic heterocycles. The summed E-state index contributed by atoms with van der Waals surface area (Å²) in [6.07, 6.45) is 8.88. The van der Waals surface area contributed by atoms with Gasteiger partial charge in [0, 0.05) is 18.4 Å². The van der Waals surface area contributed by atoms with Crippen LogP contribution in [0.25, 0.3) is 0 Å². The summed E-state index contributed by atoms with van der Waals surface area (Å²) in [7, 11) is 4.53. The summed E-state index contributed by atoms with van der Waals surface area (Å²) in [5.74, 6) is 2.97. The van der Waals surface area contributed by atoms with Crippen LogP contribution < -0.4 is 5.32 Å². The van der Waals surface area contributed by atoms with Gasteiger partial charge in [-0.25, -0.2) is 0 Å². The minimum Gasteiger partial charge on any atom is -0.355 e. The summed E-state index contributed by atoms with van der Waals surface area (Å²) in [4.78, 5) is 12.8. The highest BCUT2D eigenvalue weighted by molar-refractivity contribution is 5.83. The number of nitrogens with one attached hydrogen (secondary N) is 1. The molecule has 1 N–H and O–H groups in total. The number of rotatable bonds is 6. The molecule has 0 aromatic carbocycles. The van der Waals surface area contributed by atoms with Gasteiger partial charge in [-0.2, -0.15) is 0 Å². The van der Waals surface area contributed by atoms with Gasteiger partial charge in [0.2, 0.25) is 5.91 Å². The molecular formula is C18H33N2O+. The van der Waals surface area contributed by atoms with E-state index in [1.54, 1.807) is 0 Å². The van der Waals surface area contributed by atoms with E-state index in [1.165, 1.54) is 38.5 Å². The maximum absolute atomic E-state index is 12.8. The lowest BCUT2D eigenvalue weighted by Gasteiger charge is -2.55. The Labute approximate surface area is 130 Å². The average molecular weight is 293 g/mol. The first kappa shape index (κ1) is 15.3. The molecule has 3 heteroatoms. The number of carbonyl (C=O) groups is 1. The maximum Gasteiger partial charge on any atom is 0.226 e. The molecular weight excluding hydrogens is 260 g/mol. The van der Waals surface area contributed by atoms with E-state index in [4.69, 9.17) is 0 Å². The third kappa shape index (κ3) is 3.13. The third-order valence-electron chi connectivity index (χ3n) is 6.60. The number of quaternary nitrogens is 1. The van der Waals surface area contributed by atoms with Crippen LogP contribution in [-0.4, -0.2) is 44.1 Å². The zero-order chi connectivity index (χ0) is 15.1. The van der Waals surface area contributed by atoms with Crippen molar-refractivity contribution >= 4 is 5.91 Å². The van der Waals surface area contributed by atoms with Gasteiger partial charge in [-0.05, 0) is 63.2 Å². The summed E-state index contributed by atoms with van der Waals surface area (Å²) in [5.41, 5.74) is 0.0316. The molecule has 4 bridgehead atoms. The van der Waals surface area contributed by atoms with Gasteiger partial charge in [-0.1, -0.05) is 0 Å². The van der Waals surface area contributed by atoms with Gasteiger partial charge in [0.25, 0.3) is 0 Å². The summed E-state index contributed by atoms with van der Waals surface area (Å²) in [6, 6.07) is 0. The minimum atomic E-state index is 0.0316. The predicted molar refractivity (Wildman–Crippen MR) is 85.7 cm³/mol. The van der Waals surface area contributed by atoms with E-state index < -0.39 is 0 Å². The van der Waals surface area contributed by atoms with Crippen LogP contribution in [0.15, 0.2) is 0 Å². The topological polar surface area (TPSA) is 29.1 Å². The molecule has 4 aliphatic rings. The first-order valence-electron chi connectivity index (χ1n) is 9.03. The van der Waals surface area contributed by atoms with Crippen molar-refractivity contribution in [1.82, 2.24) is 5.32 Å². The van der Waals surface area contributed by atoms with Crippen LogP contribution in [-0.2, 0) is 4.79 Å². The van der Waals surface area contributed by atoms with Gasteiger partial charge in [0.1, 0.15) is 0 Å². The highest BCUT2D eigenvalue weighted by Gasteiger charge is 2.54. The Morgan fingerprint density at radius 2 is 1.62 bits per heavy atom. The highest BCUT2D eigenvalue weighted by Crippen LogP contribution is 2.60. The maximum atomic E-state index is 12.8. The fourth-order valence-electron chi connectivity index (χ4n) is 5.44. The van der Waals surface area contributed by atoms with Crippen molar-refractivity contribution in [2.45, 2.75) is 51.9 Å². The van der Waals surface area contributed by atoms with Crippen molar-refractivity contribution in [2.24, 2.45) is 23.2 Å². The van der Waals surface area contributed by atoms with E-state index in [0.717, 1.165) is 48.3 Å². The second-order valence-corrected chi connectivity index (χ2v) is 8.78. The Kier molecular flexibility index (Phi) is 4.06. The SMILES string of the molecule is CC[N+](C)(C)CCCNC(=O)C12CC3CC(CC(C3)C1)C2. The van der Waals surface area contributed by atoms with Gasteiger partial charge < -0.3 is 9.80 Å². The van der Waals surface area contributed by atoms with Crippen LogP contribution in [0, 0.1) is 23.2 Å². The Morgan fingerprint density at radius 1 is 1.10 bits per heavy atom. The summed E-state index contributed by atoms with van der Waals surface area (Å²) < 4.78 is 1.05. The van der Waals surface area contributed by atoms with Gasteiger partial charge >= 0.3 is 0 Å². The van der Waals surface area contributed by atoms with Crippen molar-refractivity contribution in [2.75, 3.05) is 33.7 Å². The molecule has 0 radical (unpaired) electrons. The Balaban J connectivity index is 1.50. The van der Waals surface area contributed by atoms with Crippen LogP contribution in [0.3, 0.4) is 0 Å². The molecule has 120 valence electrons. The second kappa shape index (κ2) is 5.57. The number of nitrogens with zero attached hydrogens (tertiary/aromatic N) is 1. The summed E-state index contributed by atoms with van der Waals surface area (Å²) in [5, 5.41) is 3.29. The molecule has 21 heavy (non-hydrogen) atoms. The first-order valence-corrected chi connectivity index (χ1v) is 9.03. The van der Waals surface area contributed by atoms with E-state index in [2.05, 4.69) is 26.3 Å². The fraction of sp³-hybridized carbons (Fsp3) is 0.944. The normalized spacial score (nSPS) is 37.8. The average Bonchev–Trinajstić information content (AvgIpc) is 2.42. The van der Waals surface area contributed by atoms with E-state index in [1.807, 2.05) is 0 Å². The quantitative estimate of drug-likeness (QED) is 0.592. The minimum absolute atomic E-state index is 0.0316. The molecule has 0 atom stereocenters. The molecule has 3 nitrogen and oxygen atoms in total. The van der Waals surface area contributed by atoms with Crippen LogP contribution in [0.4, 0.5) is 0 Å². The van der Waals surface area contributed by atoms with Gasteiger partial charge in [-0.15, -0.1) is 0 Å².